The molecule has 0 aromatic carbocycles. The highest BCUT2D eigenvalue weighted by Gasteiger charge is 2.18. The lowest BCUT2D eigenvalue weighted by Crippen LogP contribution is -2.19. The lowest BCUT2D eigenvalue weighted by molar-refractivity contribution is 0.540. The Morgan fingerprint density at radius 1 is 1.29 bits per heavy atom. The van der Waals surface area contributed by atoms with Crippen molar-refractivity contribution in [1.82, 2.24) is 10.3 Å². The Bertz CT molecular complexity index is 298. The van der Waals surface area contributed by atoms with Crippen molar-refractivity contribution in [3.05, 3.63) is 15.6 Å². The predicted octanol–water partition coefficient (Wildman–Crippen LogP) is 2.96. The van der Waals surface area contributed by atoms with Gasteiger partial charge in [0.25, 0.3) is 0 Å². The molecule has 2 heterocycles. The molecule has 0 aliphatic carbocycles. The Hall–Kier alpha value is -0.410. The van der Waals surface area contributed by atoms with Crippen LogP contribution in [0.5, 0.6) is 0 Å². The van der Waals surface area contributed by atoms with Crippen LogP contribution in [0.2, 0.25) is 0 Å². The fraction of sp³-hybridized carbons (Fsp3) is 0.727. The summed E-state index contributed by atoms with van der Waals surface area (Å²) in [5, 5.41) is 4.82. The molecule has 14 heavy (non-hydrogen) atoms. The number of thiazole rings is 1. The average Bonchev–Trinajstić information content (AvgIpc) is 2.43. The van der Waals surface area contributed by atoms with Crippen molar-refractivity contribution in [3.63, 3.8) is 0 Å². The maximum atomic E-state index is 4.50. The van der Waals surface area contributed by atoms with E-state index in [1.54, 1.807) is 0 Å². The van der Waals surface area contributed by atoms with E-state index in [0.29, 0.717) is 6.04 Å². The van der Waals surface area contributed by atoms with E-state index in [-0.39, 0.29) is 0 Å². The fourth-order valence-corrected chi connectivity index (χ4v) is 3.16. The van der Waals surface area contributed by atoms with Crippen LogP contribution in [-0.2, 0) is 0 Å². The maximum absolute atomic E-state index is 4.50. The molecule has 2 rings (SSSR count). The van der Waals surface area contributed by atoms with E-state index in [0.717, 1.165) is 0 Å². The molecule has 0 spiro atoms. The molecule has 78 valence electrons. The molecule has 1 N–H and O–H groups in total. The molecule has 0 radical (unpaired) electrons. The van der Waals surface area contributed by atoms with Gasteiger partial charge in [-0.3, -0.25) is 0 Å². The Kier molecular flexibility index (Phi) is 3.19. The van der Waals surface area contributed by atoms with E-state index in [1.165, 1.54) is 47.8 Å². The van der Waals surface area contributed by atoms with Crippen LogP contribution in [0.3, 0.4) is 0 Å². The van der Waals surface area contributed by atoms with Crippen molar-refractivity contribution in [3.8, 4) is 0 Å². The molecular weight excluding hydrogens is 192 g/mol. The highest BCUT2D eigenvalue weighted by Crippen LogP contribution is 2.29. The molecule has 1 atom stereocenters. The first-order valence-electron chi connectivity index (χ1n) is 5.44. The third-order valence-corrected chi connectivity index (χ3v) is 4.00. The SMILES string of the molecule is Cc1nc(C)c(C2CCCCCN2)s1. The second-order valence-electron chi connectivity index (χ2n) is 4.04. The van der Waals surface area contributed by atoms with Crippen molar-refractivity contribution >= 4 is 11.3 Å². The van der Waals surface area contributed by atoms with Gasteiger partial charge in [-0.05, 0) is 33.2 Å². The first-order valence-corrected chi connectivity index (χ1v) is 6.26. The van der Waals surface area contributed by atoms with Gasteiger partial charge in [0.15, 0.2) is 0 Å². The standard InChI is InChI=1S/C11H18N2S/c1-8-11(14-9(2)13-8)10-6-4-3-5-7-12-10/h10,12H,3-7H2,1-2H3. The van der Waals surface area contributed by atoms with Crippen LogP contribution in [0.1, 0.15) is 47.3 Å². The van der Waals surface area contributed by atoms with Crippen LogP contribution in [0.25, 0.3) is 0 Å². The number of aromatic nitrogens is 1. The molecular formula is C11H18N2S. The normalized spacial score (nSPS) is 23.4. The third kappa shape index (κ3) is 2.15. The molecule has 2 nitrogen and oxygen atoms in total. The number of rotatable bonds is 1. The summed E-state index contributed by atoms with van der Waals surface area (Å²) >= 11 is 1.86. The van der Waals surface area contributed by atoms with Gasteiger partial charge >= 0.3 is 0 Å². The van der Waals surface area contributed by atoms with Gasteiger partial charge in [0.1, 0.15) is 0 Å². The molecule has 1 aromatic heterocycles. The minimum Gasteiger partial charge on any atom is -0.309 e. The van der Waals surface area contributed by atoms with Gasteiger partial charge in [0.05, 0.1) is 10.7 Å². The van der Waals surface area contributed by atoms with E-state index in [1.807, 2.05) is 11.3 Å². The Morgan fingerprint density at radius 2 is 2.14 bits per heavy atom. The number of nitrogens with zero attached hydrogens (tertiary/aromatic N) is 1. The number of hydrogen-bond acceptors (Lipinski definition) is 3. The summed E-state index contributed by atoms with van der Waals surface area (Å²) in [4.78, 5) is 5.96. The zero-order valence-corrected chi connectivity index (χ0v) is 9.78. The first-order chi connectivity index (χ1) is 6.77. The van der Waals surface area contributed by atoms with Crippen LogP contribution in [-0.4, -0.2) is 11.5 Å². The van der Waals surface area contributed by atoms with Gasteiger partial charge in [0, 0.05) is 10.9 Å². The Labute approximate surface area is 89.8 Å². The van der Waals surface area contributed by atoms with Gasteiger partial charge in [-0.15, -0.1) is 11.3 Å². The third-order valence-electron chi connectivity index (χ3n) is 2.82. The van der Waals surface area contributed by atoms with Crippen molar-refractivity contribution in [2.45, 2.75) is 45.6 Å². The fourth-order valence-electron chi connectivity index (χ4n) is 2.12. The smallest absolute Gasteiger partial charge is 0.0900 e. The van der Waals surface area contributed by atoms with Gasteiger partial charge in [-0.2, -0.15) is 0 Å². The van der Waals surface area contributed by atoms with Crippen LogP contribution in [0.4, 0.5) is 0 Å². The molecule has 1 unspecified atom stereocenters. The first kappa shape index (κ1) is 10.1. The summed E-state index contributed by atoms with van der Waals surface area (Å²) in [7, 11) is 0. The van der Waals surface area contributed by atoms with Crippen molar-refractivity contribution < 1.29 is 0 Å². The second kappa shape index (κ2) is 4.41. The zero-order valence-electron chi connectivity index (χ0n) is 8.97. The quantitative estimate of drug-likeness (QED) is 0.771. The summed E-state index contributed by atoms with van der Waals surface area (Å²) in [6.45, 7) is 5.39. The molecule has 0 bridgehead atoms. The molecule has 1 aliphatic heterocycles. The summed E-state index contributed by atoms with van der Waals surface area (Å²) in [6, 6.07) is 0.573. The van der Waals surface area contributed by atoms with E-state index in [2.05, 4.69) is 24.1 Å². The van der Waals surface area contributed by atoms with Crippen LogP contribution in [0.15, 0.2) is 0 Å². The van der Waals surface area contributed by atoms with Crippen LogP contribution < -0.4 is 5.32 Å². The molecule has 3 heteroatoms. The lowest BCUT2D eigenvalue weighted by Gasteiger charge is -2.14. The Balaban J connectivity index is 2.15. The van der Waals surface area contributed by atoms with E-state index < -0.39 is 0 Å². The summed E-state index contributed by atoms with van der Waals surface area (Å²) in [5.74, 6) is 0. The lowest BCUT2D eigenvalue weighted by atomic mass is 10.1. The molecule has 0 amide bonds. The van der Waals surface area contributed by atoms with E-state index >= 15 is 0 Å². The molecule has 0 saturated carbocycles. The molecule has 1 saturated heterocycles. The minimum absolute atomic E-state index is 0.573. The van der Waals surface area contributed by atoms with Gasteiger partial charge in [0.2, 0.25) is 0 Å². The highest BCUT2D eigenvalue weighted by atomic mass is 32.1. The monoisotopic (exact) mass is 210 g/mol. The summed E-state index contributed by atoms with van der Waals surface area (Å²) in [6.07, 6.45) is 5.34. The largest absolute Gasteiger partial charge is 0.309 e. The van der Waals surface area contributed by atoms with E-state index in [9.17, 15) is 0 Å². The number of nitrogens with one attached hydrogen (secondary N) is 1. The van der Waals surface area contributed by atoms with Gasteiger partial charge in [-0.25, -0.2) is 4.98 Å². The summed E-state index contributed by atoms with van der Waals surface area (Å²) < 4.78 is 0. The Morgan fingerprint density at radius 3 is 2.86 bits per heavy atom. The topological polar surface area (TPSA) is 24.9 Å². The average molecular weight is 210 g/mol. The van der Waals surface area contributed by atoms with Gasteiger partial charge < -0.3 is 5.32 Å². The highest BCUT2D eigenvalue weighted by molar-refractivity contribution is 7.11. The van der Waals surface area contributed by atoms with Gasteiger partial charge in [-0.1, -0.05) is 12.8 Å². The second-order valence-corrected chi connectivity index (χ2v) is 5.27. The van der Waals surface area contributed by atoms with E-state index in [4.69, 9.17) is 0 Å². The van der Waals surface area contributed by atoms with Crippen molar-refractivity contribution in [1.29, 1.82) is 0 Å². The summed E-state index contributed by atoms with van der Waals surface area (Å²) in [5.41, 5.74) is 1.23. The maximum Gasteiger partial charge on any atom is 0.0900 e. The molecule has 1 fully saturated rings. The molecule has 1 aromatic rings. The predicted molar refractivity (Wildman–Crippen MR) is 60.8 cm³/mol. The van der Waals surface area contributed by atoms with Crippen molar-refractivity contribution in [2.75, 3.05) is 6.54 Å². The zero-order chi connectivity index (χ0) is 9.97. The van der Waals surface area contributed by atoms with Crippen LogP contribution >= 0.6 is 11.3 Å². The number of aryl methyl sites for hydroxylation is 2. The van der Waals surface area contributed by atoms with Crippen molar-refractivity contribution in [2.24, 2.45) is 0 Å². The molecule has 1 aliphatic rings. The minimum atomic E-state index is 0.573. The number of hydrogen-bond donors (Lipinski definition) is 1. The van der Waals surface area contributed by atoms with Crippen LogP contribution in [0, 0.1) is 13.8 Å².